The molecule has 0 aliphatic heterocycles. The number of rotatable bonds is 4. The monoisotopic (exact) mass is 431 g/mol. The van der Waals surface area contributed by atoms with E-state index < -0.39 is 6.15 Å². The fraction of sp³-hybridized carbons (Fsp3) is 0.250. The largest absolute Gasteiger partial charge is 0.192 e. The van der Waals surface area contributed by atoms with Gasteiger partial charge in [0.1, 0.15) is 6.15 Å². The molecule has 4 rings (SSSR count). The van der Waals surface area contributed by atoms with E-state index in [0.717, 1.165) is 0 Å². The van der Waals surface area contributed by atoms with Crippen molar-refractivity contribution in [1.29, 1.82) is 0 Å². The Labute approximate surface area is 200 Å². The van der Waals surface area contributed by atoms with Crippen molar-refractivity contribution >= 4 is 28.0 Å². The standard InChI is InChI=1S/C32H36B/c1-21-9-13-25(5)29(17-21)33(30-18-22(2)10-14-26(30)6,31-19-23(3)11-15-27(31)7)32-20-24(4)12-16-28(32)8/h9-20H,1-8H3/q-1. The summed E-state index contributed by atoms with van der Waals surface area (Å²) in [6.07, 6.45) is -1.39. The average molecular weight is 431 g/mol. The van der Waals surface area contributed by atoms with Gasteiger partial charge in [-0.2, -0.15) is 21.9 Å². The molecule has 0 saturated heterocycles. The van der Waals surface area contributed by atoms with Crippen LogP contribution in [0.3, 0.4) is 0 Å². The summed E-state index contributed by atoms with van der Waals surface area (Å²) in [5.41, 5.74) is 16.4. The Morgan fingerprint density at radius 3 is 0.758 bits per heavy atom. The topological polar surface area (TPSA) is 0 Å². The first-order valence-electron chi connectivity index (χ1n) is 12.1. The van der Waals surface area contributed by atoms with Crippen LogP contribution in [0.1, 0.15) is 44.5 Å². The molecular formula is C32H36B-. The van der Waals surface area contributed by atoms with Crippen molar-refractivity contribution in [1.82, 2.24) is 0 Å². The molecule has 0 nitrogen and oxygen atoms in total. The molecular weight excluding hydrogens is 395 g/mol. The molecule has 0 aliphatic rings. The van der Waals surface area contributed by atoms with Crippen LogP contribution in [0, 0.1) is 55.4 Å². The Hall–Kier alpha value is -3.06. The van der Waals surface area contributed by atoms with Crippen LogP contribution in [0.5, 0.6) is 0 Å². The van der Waals surface area contributed by atoms with Crippen LogP contribution in [0.25, 0.3) is 0 Å². The molecule has 0 atom stereocenters. The molecule has 0 fully saturated rings. The SMILES string of the molecule is Cc1ccc(C)c([B-](c2cc(C)ccc2C)(c2cc(C)ccc2C)c2cc(C)ccc2C)c1. The number of hydrogen-bond donors (Lipinski definition) is 0. The van der Waals surface area contributed by atoms with E-state index in [1.54, 1.807) is 0 Å². The number of aryl methyl sites for hydroxylation is 8. The van der Waals surface area contributed by atoms with E-state index in [2.05, 4.69) is 128 Å². The molecule has 0 aromatic heterocycles. The minimum atomic E-state index is -1.39. The molecule has 4 aromatic carbocycles. The van der Waals surface area contributed by atoms with Gasteiger partial charge in [0, 0.05) is 0 Å². The fourth-order valence-electron chi connectivity index (χ4n) is 5.91. The van der Waals surface area contributed by atoms with E-state index >= 15 is 0 Å². The molecule has 0 bridgehead atoms. The normalized spacial score (nSPS) is 11.6. The highest BCUT2D eigenvalue weighted by molar-refractivity contribution is 7.20. The molecule has 0 N–H and O–H groups in total. The minimum Gasteiger partial charge on any atom is -0.192 e. The Bertz CT molecular complexity index is 1130. The highest BCUT2D eigenvalue weighted by Gasteiger charge is 2.36. The quantitative estimate of drug-likeness (QED) is 0.373. The molecule has 0 radical (unpaired) electrons. The van der Waals surface area contributed by atoms with Crippen LogP contribution < -0.4 is 21.9 Å². The lowest BCUT2D eigenvalue weighted by Gasteiger charge is -2.48. The van der Waals surface area contributed by atoms with Gasteiger partial charge in [-0.05, 0) is 55.4 Å². The van der Waals surface area contributed by atoms with E-state index in [0.29, 0.717) is 0 Å². The zero-order valence-electron chi connectivity index (χ0n) is 21.5. The fourth-order valence-corrected chi connectivity index (χ4v) is 5.91. The molecule has 0 unspecified atom stereocenters. The Morgan fingerprint density at radius 1 is 0.333 bits per heavy atom. The van der Waals surface area contributed by atoms with Crippen molar-refractivity contribution in [2.75, 3.05) is 0 Å². The van der Waals surface area contributed by atoms with Gasteiger partial charge in [0.25, 0.3) is 0 Å². The lowest BCUT2D eigenvalue weighted by atomic mass is 9.11. The zero-order valence-corrected chi connectivity index (χ0v) is 21.5. The summed E-state index contributed by atoms with van der Waals surface area (Å²) in [6.45, 7) is 18.0. The van der Waals surface area contributed by atoms with Crippen molar-refractivity contribution in [3.8, 4) is 0 Å². The van der Waals surface area contributed by atoms with E-state index in [1.807, 2.05) is 0 Å². The molecule has 0 spiro atoms. The van der Waals surface area contributed by atoms with Crippen LogP contribution in [-0.4, -0.2) is 6.15 Å². The Balaban J connectivity index is 2.35. The summed E-state index contributed by atoms with van der Waals surface area (Å²) >= 11 is 0. The summed E-state index contributed by atoms with van der Waals surface area (Å²) in [4.78, 5) is 0. The van der Waals surface area contributed by atoms with Gasteiger partial charge in [0.15, 0.2) is 0 Å². The van der Waals surface area contributed by atoms with Crippen LogP contribution in [-0.2, 0) is 0 Å². The van der Waals surface area contributed by atoms with Gasteiger partial charge < -0.3 is 0 Å². The third-order valence-corrected chi connectivity index (χ3v) is 7.60. The van der Waals surface area contributed by atoms with Crippen LogP contribution >= 0.6 is 0 Å². The highest BCUT2D eigenvalue weighted by Crippen LogP contribution is 2.20. The Morgan fingerprint density at radius 2 is 0.545 bits per heavy atom. The van der Waals surface area contributed by atoms with E-state index in [-0.39, 0.29) is 0 Å². The summed E-state index contributed by atoms with van der Waals surface area (Å²) in [5, 5.41) is 0. The maximum Gasteiger partial charge on any atom is 0.109 e. The number of hydrogen-bond acceptors (Lipinski definition) is 0. The average Bonchev–Trinajstić information content (AvgIpc) is 2.77. The van der Waals surface area contributed by atoms with Crippen molar-refractivity contribution in [2.24, 2.45) is 0 Å². The molecule has 4 aromatic rings. The second-order valence-corrected chi connectivity index (χ2v) is 10.3. The smallest absolute Gasteiger partial charge is 0.109 e. The van der Waals surface area contributed by atoms with Crippen LogP contribution in [0.4, 0.5) is 0 Å². The van der Waals surface area contributed by atoms with Gasteiger partial charge >= 0.3 is 0 Å². The van der Waals surface area contributed by atoms with Gasteiger partial charge in [0.2, 0.25) is 0 Å². The summed E-state index contributed by atoms with van der Waals surface area (Å²) in [6, 6.07) is 28.0. The predicted octanol–water partition coefficient (Wildman–Crippen LogP) is 5.53. The molecule has 0 amide bonds. The Kier molecular flexibility index (Phi) is 6.10. The third-order valence-electron chi connectivity index (χ3n) is 7.60. The molecule has 0 saturated carbocycles. The van der Waals surface area contributed by atoms with Gasteiger partial charge in [0.05, 0.1) is 0 Å². The van der Waals surface area contributed by atoms with Crippen molar-refractivity contribution in [3.05, 3.63) is 117 Å². The first kappa shape index (κ1) is 23.1. The third kappa shape index (κ3) is 3.95. The first-order chi connectivity index (χ1) is 15.6. The van der Waals surface area contributed by atoms with E-state index in [4.69, 9.17) is 0 Å². The maximum absolute atomic E-state index is 2.45. The molecule has 168 valence electrons. The van der Waals surface area contributed by atoms with Crippen molar-refractivity contribution in [2.45, 2.75) is 55.4 Å². The summed E-state index contributed by atoms with van der Waals surface area (Å²) in [7, 11) is 0. The van der Waals surface area contributed by atoms with Gasteiger partial charge in [-0.25, -0.2) is 0 Å². The molecule has 0 heterocycles. The zero-order chi connectivity index (χ0) is 23.9. The predicted molar refractivity (Wildman–Crippen MR) is 148 cm³/mol. The van der Waals surface area contributed by atoms with Crippen LogP contribution in [0.2, 0.25) is 0 Å². The molecule has 1 heteroatoms. The van der Waals surface area contributed by atoms with E-state index in [9.17, 15) is 0 Å². The minimum absolute atomic E-state index is 1.31. The lowest BCUT2D eigenvalue weighted by Crippen LogP contribution is -2.77. The van der Waals surface area contributed by atoms with Crippen molar-refractivity contribution in [3.63, 3.8) is 0 Å². The lowest BCUT2D eigenvalue weighted by molar-refractivity contribution is 1.38. The van der Waals surface area contributed by atoms with Gasteiger partial charge in [-0.3, -0.25) is 0 Å². The second-order valence-electron chi connectivity index (χ2n) is 10.3. The summed E-state index contributed by atoms with van der Waals surface area (Å²) < 4.78 is 0. The van der Waals surface area contributed by atoms with Gasteiger partial charge in [-0.15, -0.1) is 0 Å². The van der Waals surface area contributed by atoms with Crippen LogP contribution in [0.15, 0.2) is 72.8 Å². The highest BCUT2D eigenvalue weighted by atomic mass is 14.2. The molecule has 0 aliphatic carbocycles. The maximum atomic E-state index is 2.45. The van der Waals surface area contributed by atoms with Gasteiger partial charge in [-0.1, -0.05) is 117 Å². The summed E-state index contributed by atoms with van der Waals surface area (Å²) in [5.74, 6) is 0. The molecule has 33 heavy (non-hydrogen) atoms. The van der Waals surface area contributed by atoms with E-state index in [1.165, 1.54) is 66.4 Å². The number of benzene rings is 4. The first-order valence-corrected chi connectivity index (χ1v) is 12.1. The van der Waals surface area contributed by atoms with Crippen molar-refractivity contribution < 1.29 is 0 Å². The second kappa shape index (κ2) is 8.71.